The molecule has 0 aromatic carbocycles. The second-order valence-corrected chi connectivity index (χ2v) is 5.22. The Hall–Kier alpha value is -0.220. The molecule has 3 N–H and O–H groups in total. The van der Waals surface area contributed by atoms with Crippen LogP contribution in [0, 0.1) is 5.41 Å². The predicted molar refractivity (Wildman–Crippen MR) is 63.0 cm³/mol. The number of hydrogen-bond donors (Lipinski definition) is 2. The molecule has 0 saturated heterocycles. The highest BCUT2D eigenvalue weighted by atomic mass is 32.2. The Morgan fingerprint density at radius 2 is 2.07 bits per heavy atom. The average molecular weight is 218 g/mol. The van der Waals surface area contributed by atoms with Gasteiger partial charge in [-0.1, -0.05) is 33.6 Å². The van der Waals surface area contributed by atoms with Crippen LogP contribution in [0.5, 0.6) is 0 Å². The summed E-state index contributed by atoms with van der Waals surface area (Å²) in [6.07, 6.45) is 3.76. The molecular weight excluding hydrogens is 196 g/mol. The highest BCUT2D eigenvalue weighted by Crippen LogP contribution is 2.22. The van der Waals surface area contributed by atoms with Crippen molar-refractivity contribution in [3.05, 3.63) is 0 Å². The standard InChI is InChI=1S/C10H22N2OS/c1-4-5-6-7-14-8-10(2,3)9(13)12-11/h4-8,11H2,1-3H3,(H,12,13). The summed E-state index contributed by atoms with van der Waals surface area (Å²) in [5.74, 6) is 6.99. The molecule has 14 heavy (non-hydrogen) atoms. The first-order valence-electron chi connectivity index (χ1n) is 5.13. The molecule has 0 atom stereocenters. The van der Waals surface area contributed by atoms with E-state index < -0.39 is 0 Å². The minimum absolute atomic E-state index is 0.0829. The lowest BCUT2D eigenvalue weighted by molar-refractivity contribution is -0.128. The van der Waals surface area contributed by atoms with Crippen LogP contribution in [-0.2, 0) is 4.79 Å². The van der Waals surface area contributed by atoms with Crippen molar-refractivity contribution in [3.63, 3.8) is 0 Å². The molecule has 0 bridgehead atoms. The predicted octanol–water partition coefficient (Wildman–Crippen LogP) is 1.93. The molecule has 3 nitrogen and oxygen atoms in total. The van der Waals surface area contributed by atoms with E-state index in [0.29, 0.717) is 0 Å². The van der Waals surface area contributed by atoms with Gasteiger partial charge in [-0.05, 0) is 12.2 Å². The second kappa shape index (κ2) is 7.12. The van der Waals surface area contributed by atoms with E-state index in [4.69, 9.17) is 5.84 Å². The Morgan fingerprint density at radius 3 is 2.57 bits per heavy atom. The van der Waals surface area contributed by atoms with E-state index in [1.165, 1.54) is 19.3 Å². The fourth-order valence-electron chi connectivity index (χ4n) is 1.04. The van der Waals surface area contributed by atoms with E-state index in [0.717, 1.165) is 11.5 Å². The summed E-state index contributed by atoms with van der Waals surface area (Å²) in [4.78, 5) is 11.3. The number of amides is 1. The van der Waals surface area contributed by atoms with Crippen molar-refractivity contribution < 1.29 is 4.79 Å². The minimum Gasteiger partial charge on any atom is -0.294 e. The first-order chi connectivity index (χ1) is 6.54. The van der Waals surface area contributed by atoms with Crippen molar-refractivity contribution in [1.29, 1.82) is 0 Å². The first-order valence-corrected chi connectivity index (χ1v) is 6.29. The molecule has 0 aliphatic heterocycles. The third-order valence-corrected chi connectivity index (χ3v) is 3.60. The van der Waals surface area contributed by atoms with Crippen molar-refractivity contribution in [2.45, 2.75) is 40.0 Å². The van der Waals surface area contributed by atoms with Crippen LogP contribution < -0.4 is 11.3 Å². The summed E-state index contributed by atoms with van der Waals surface area (Å²) >= 11 is 1.83. The maximum absolute atomic E-state index is 11.3. The fourth-order valence-corrected chi connectivity index (χ4v) is 2.24. The smallest absolute Gasteiger partial charge is 0.240 e. The van der Waals surface area contributed by atoms with Gasteiger partial charge in [0.15, 0.2) is 0 Å². The maximum Gasteiger partial charge on any atom is 0.240 e. The van der Waals surface area contributed by atoms with Crippen LogP contribution in [0.3, 0.4) is 0 Å². The van der Waals surface area contributed by atoms with Crippen LogP contribution in [-0.4, -0.2) is 17.4 Å². The summed E-state index contributed by atoms with van der Waals surface area (Å²) in [5, 5.41) is 0. The lowest BCUT2D eigenvalue weighted by Gasteiger charge is -2.21. The van der Waals surface area contributed by atoms with Crippen molar-refractivity contribution in [2.75, 3.05) is 11.5 Å². The SMILES string of the molecule is CCCCCSCC(C)(C)C(=O)NN. The van der Waals surface area contributed by atoms with Crippen molar-refractivity contribution in [1.82, 2.24) is 5.43 Å². The molecule has 0 radical (unpaired) electrons. The topological polar surface area (TPSA) is 55.1 Å². The average Bonchev–Trinajstić information content (AvgIpc) is 2.16. The molecule has 0 spiro atoms. The molecule has 0 aliphatic carbocycles. The van der Waals surface area contributed by atoms with Gasteiger partial charge in [-0.15, -0.1) is 0 Å². The van der Waals surface area contributed by atoms with Crippen molar-refractivity contribution >= 4 is 17.7 Å². The number of unbranched alkanes of at least 4 members (excludes halogenated alkanes) is 2. The van der Waals surface area contributed by atoms with E-state index >= 15 is 0 Å². The molecular formula is C10H22N2OS. The zero-order chi connectivity index (χ0) is 11.0. The fraction of sp³-hybridized carbons (Fsp3) is 0.900. The lowest BCUT2D eigenvalue weighted by Crippen LogP contribution is -2.42. The van der Waals surface area contributed by atoms with Gasteiger partial charge < -0.3 is 0 Å². The van der Waals surface area contributed by atoms with Crippen LogP contribution >= 0.6 is 11.8 Å². The summed E-state index contributed by atoms with van der Waals surface area (Å²) in [6.45, 7) is 6.03. The van der Waals surface area contributed by atoms with Crippen molar-refractivity contribution in [3.8, 4) is 0 Å². The number of hydrazine groups is 1. The van der Waals surface area contributed by atoms with Crippen molar-refractivity contribution in [2.24, 2.45) is 11.3 Å². The number of carbonyl (C=O) groups is 1. The first kappa shape index (κ1) is 13.8. The Kier molecular flexibility index (Phi) is 7.01. The van der Waals surface area contributed by atoms with E-state index in [1.54, 1.807) is 0 Å². The maximum atomic E-state index is 11.3. The molecule has 0 aliphatic rings. The number of carbonyl (C=O) groups excluding carboxylic acids is 1. The minimum atomic E-state index is -0.356. The molecule has 1 amide bonds. The summed E-state index contributed by atoms with van der Waals surface area (Å²) in [6, 6.07) is 0. The van der Waals surface area contributed by atoms with Gasteiger partial charge in [-0.25, -0.2) is 5.84 Å². The van der Waals surface area contributed by atoms with E-state index in [2.05, 4.69) is 12.3 Å². The molecule has 0 fully saturated rings. The third kappa shape index (κ3) is 5.50. The van der Waals surface area contributed by atoms with Gasteiger partial charge in [0, 0.05) is 5.75 Å². The highest BCUT2D eigenvalue weighted by molar-refractivity contribution is 7.99. The quantitative estimate of drug-likeness (QED) is 0.297. The van der Waals surface area contributed by atoms with Gasteiger partial charge in [0.05, 0.1) is 5.41 Å². The zero-order valence-corrected chi connectivity index (χ0v) is 10.2. The van der Waals surface area contributed by atoms with Gasteiger partial charge in [0.1, 0.15) is 0 Å². The molecule has 0 unspecified atom stereocenters. The van der Waals surface area contributed by atoms with Gasteiger partial charge in [0.2, 0.25) is 5.91 Å². The Morgan fingerprint density at radius 1 is 1.43 bits per heavy atom. The molecule has 0 heterocycles. The number of rotatable bonds is 7. The molecule has 0 saturated carbocycles. The monoisotopic (exact) mass is 218 g/mol. The van der Waals surface area contributed by atoms with E-state index in [1.807, 2.05) is 25.6 Å². The molecule has 4 heteroatoms. The second-order valence-electron chi connectivity index (χ2n) is 4.12. The van der Waals surface area contributed by atoms with E-state index in [-0.39, 0.29) is 11.3 Å². The highest BCUT2D eigenvalue weighted by Gasteiger charge is 2.26. The van der Waals surface area contributed by atoms with Gasteiger partial charge >= 0.3 is 0 Å². The molecule has 0 aromatic rings. The largest absolute Gasteiger partial charge is 0.294 e. The summed E-state index contributed by atoms with van der Waals surface area (Å²) < 4.78 is 0. The number of nitrogens with two attached hydrogens (primary N) is 1. The van der Waals surface area contributed by atoms with Gasteiger partial charge in [0.25, 0.3) is 0 Å². The molecule has 0 aromatic heterocycles. The van der Waals surface area contributed by atoms with Crippen LogP contribution in [0.4, 0.5) is 0 Å². The molecule has 84 valence electrons. The number of hydrogen-bond acceptors (Lipinski definition) is 3. The number of nitrogens with one attached hydrogen (secondary N) is 1. The normalized spacial score (nSPS) is 11.4. The van der Waals surface area contributed by atoms with Gasteiger partial charge in [-0.3, -0.25) is 10.2 Å². The van der Waals surface area contributed by atoms with Crippen LogP contribution in [0.1, 0.15) is 40.0 Å². The Balaban J connectivity index is 3.60. The summed E-state index contributed by atoms with van der Waals surface area (Å²) in [7, 11) is 0. The lowest BCUT2D eigenvalue weighted by atomic mass is 9.96. The summed E-state index contributed by atoms with van der Waals surface area (Å²) in [5.41, 5.74) is 1.85. The van der Waals surface area contributed by atoms with Crippen LogP contribution in [0.2, 0.25) is 0 Å². The van der Waals surface area contributed by atoms with Crippen LogP contribution in [0.25, 0.3) is 0 Å². The zero-order valence-electron chi connectivity index (χ0n) is 9.43. The molecule has 0 rings (SSSR count). The Labute approximate surface area is 91.2 Å². The van der Waals surface area contributed by atoms with Crippen LogP contribution in [0.15, 0.2) is 0 Å². The number of thioether (sulfide) groups is 1. The van der Waals surface area contributed by atoms with Gasteiger partial charge in [-0.2, -0.15) is 11.8 Å². The Bertz CT molecular complexity index is 172. The van der Waals surface area contributed by atoms with E-state index in [9.17, 15) is 4.79 Å². The third-order valence-electron chi connectivity index (χ3n) is 2.10.